The number of carbonyl (C=O) groups excluding carboxylic acids is 1. The summed E-state index contributed by atoms with van der Waals surface area (Å²) >= 11 is 1.20. The van der Waals surface area contributed by atoms with Gasteiger partial charge in [0.1, 0.15) is 4.90 Å². The first-order chi connectivity index (χ1) is 16.0. The molecule has 1 amide bonds. The number of para-hydroxylation sites is 1. The molecule has 2 aliphatic heterocycles. The lowest BCUT2D eigenvalue weighted by molar-refractivity contribution is -0.125. The van der Waals surface area contributed by atoms with Crippen LogP contribution in [0.5, 0.6) is 0 Å². The molecule has 33 heavy (non-hydrogen) atoms. The first-order valence-electron chi connectivity index (χ1n) is 10.8. The van der Waals surface area contributed by atoms with E-state index in [1.54, 1.807) is 28.5 Å². The lowest BCUT2D eigenvalue weighted by Gasteiger charge is -2.36. The van der Waals surface area contributed by atoms with Crippen LogP contribution < -0.4 is 9.62 Å². The van der Waals surface area contributed by atoms with E-state index >= 15 is 0 Å². The van der Waals surface area contributed by atoms with Crippen LogP contribution in [-0.4, -0.2) is 56.5 Å². The quantitative estimate of drug-likeness (QED) is 0.578. The van der Waals surface area contributed by atoms with Gasteiger partial charge in [-0.25, -0.2) is 13.4 Å². The van der Waals surface area contributed by atoms with Crippen LogP contribution in [0.4, 0.5) is 10.8 Å². The minimum absolute atomic E-state index is 0.0679. The van der Waals surface area contributed by atoms with Crippen molar-refractivity contribution in [3.63, 3.8) is 0 Å². The first kappa shape index (κ1) is 22.0. The number of ether oxygens (including phenoxy) is 1. The summed E-state index contributed by atoms with van der Waals surface area (Å²) in [5.41, 5.74) is 1.48. The van der Waals surface area contributed by atoms with Gasteiger partial charge >= 0.3 is 0 Å². The van der Waals surface area contributed by atoms with E-state index in [0.29, 0.717) is 38.3 Å². The van der Waals surface area contributed by atoms with Gasteiger partial charge in [-0.15, -0.1) is 11.3 Å². The zero-order chi connectivity index (χ0) is 22.8. The van der Waals surface area contributed by atoms with Crippen molar-refractivity contribution in [2.75, 3.05) is 35.9 Å². The predicted molar refractivity (Wildman–Crippen MR) is 127 cm³/mol. The molecule has 5 rings (SSSR count). The maximum atomic E-state index is 13.5. The Morgan fingerprint density at radius 3 is 2.64 bits per heavy atom. The molecule has 8 nitrogen and oxygen atoms in total. The molecule has 1 N–H and O–H groups in total. The Labute approximate surface area is 196 Å². The third-order valence-electron chi connectivity index (χ3n) is 5.99. The van der Waals surface area contributed by atoms with Crippen LogP contribution in [0.2, 0.25) is 0 Å². The molecule has 0 radical (unpaired) electrons. The fourth-order valence-electron chi connectivity index (χ4n) is 4.42. The van der Waals surface area contributed by atoms with Gasteiger partial charge in [0.25, 0.3) is 10.0 Å². The van der Waals surface area contributed by atoms with E-state index in [0.717, 1.165) is 5.56 Å². The third-order valence-corrected chi connectivity index (χ3v) is 8.19. The maximum Gasteiger partial charge on any atom is 0.265 e. The van der Waals surface area contributed by atoms with E-state index in [1.807, 2.05) is 30.3 Å². The van der Waals surface area contributed by atoms with Gasteiger partial charge < -0.3 is 9.64 Å². The Morgan fingerprint density at radius 2 is 1.85 bits per heavy atom. The summed E-state index contributed by atoms with van der Waals surface area (Å²) in [6, 6.07) is 16.3. The average Bonchev–Trinajstić information content (AvgIpc) is 3.49. The molecule has 0 spiro atoms. The number of hydrogen-bond acceptors (Lipinski definition) is 7. The van der Waals surface area contributed by atoms with E-state index in [4.69, 9.17) is 4.74 Å². The Balaban J connectivity index is 1.36. The lowest BCUT2D eigenvalue weighted by atomic mass is 10.1. The van der Waals surface area contributed by atoms with Crippen molar-refractivity contribution >= 4 is 38.1 Å². The van der Waals surface area contributed by atoms with Crippen LogP contribution in [0.15, 0.2) is 71.1 Å². The molecule has 2 aliphatic rings. The molecule has 2 fully saturated rings. The van der Waals surface area contributed by atoms with Crippen molar-refractivity contribution in [3.8, 4) is 0 Å². The van der Waals surface area contributed by atoms with Crippen LogP contribution >= 0.6 is 11.3 Å². The first-order valence-corrected chi connectivity index (χ1v) is 13.1. The van der Waals surface area contributed by atoms with Gasteiger partial charge in [0, 0.05) is 31.2 Å². The van der Waals surface area contributed by atoms with Gasteiger partial charge in [-0.2, -0.15) is 0 Å². The van der Waals surface area contributed by atoms with E-state index in [-0.39, 0.29) is 28.1 Å². The highest BCUT2D eigenvalue weighted by atomic mass is 32.2. The highest BCUT2D eigenvalue weighted by Gasteiger charge is 2.40. The molecule has 2 aromatic carbocycles. The highest BCUT2D eigenvalue weighted by molar-refractivity contribution is 7.93. The number of anilines is 2. The largest absolute Gasteiger partial charge is 0.371 e. The molecule has 1 aromatic heterocycles. The minimum Gasteiger partial charge on any atom is -0.371 e. The Kier molecular flexibility index (Phi) is 6.15. The number of morpholine rings is 1. The van der Waals surface area contributed by atoms with Gasteiger partial charge in [0.15, 0.2) is 5.13 Å². The monoisotopic (exact) mass is 484 g/mol. The molecular weight excluding hydrogens is 460 g/mol. The molecule has 2 saturated heterocycles. The van der Waals surface area contributed by atoms with Gasteiger partial charge in [0.05, 0.1) is 24.4 Å². The topological polar surface area (TPSA) is 91.8 Å². The molecular formula is C23H24N4O4S2. The average molecular weight is 485 g/mol. The van der Waals surface area contributed by atoms with Crippen molar-refractivity contribution in [1.29, 1.82) is 0 Å². The number of nitrogens with one attached hydrogen (secondary N) is 1. The van der Waals surface area contributed by atoms with Gasteiger partial charge in [-0.3, -0.25) is 14.4 Å². The molecule has 3 heterocycles. The number of rotatable bonds is 6. The second-order valence-corrected chi connectivity index (χ2v) is 10.5. The second kappa shape index (κ2) is 9.22. The van der Waals surface area contributed by atoms with Crippen LogP contribution in [0.3, 0.4) is 0 Å². The normalized spacial score (nSPS) is 21.9. The summed E-state index contributed by atoms with van der Waals surface area (Å²) in [4.78, 5) is 21.3. The molecule has 10 heteroatoms. The zero-order valence-electron chi connectivity index (χ0n) is 17.8. The summed E-state index contributed by atoms with van der Waals surface area (Å²) in [5, 5.41) is 1.99. The number of nitrogens with zero attached hydrogens (tertiary/aromatic N) is 3. The summed E-state index contributed by atoms with van der Waals surface area (Å²) in [5.74, 6) is -0.0828. The Hall–Kier alpha value is -2.79. The fourth-order valence-corrected chi connectivity index (χ4v) is 6.41. The van der Waals surface area contributed by atoms with Crippen LogP contribution in [-0.2, 0) is 19.6 Å². The minimum atomic E-state index is -3.89. The second-order valence-electron chi connectivity index (χ2n) is 7.97. The number of benzene rings is 2. The molecule has 2 unspecified atom stereocenters. The Bertz CT molecular complexity index is 1220. The maximum absolute atomic E-state index is 13.5. The van der Waals surface area contributed by atoms with Crippen molar-refractivity contribution in [2.45, 2.75) is 23.5 Å². The SMILES string of the molecule is O=C1C(N2CCOC(c3ccccc3)C2)CCN1c1ccccc1S(=O)(=O)Nc1nccs1. The van der Waals surface area contributed by atoms with Gasteiger partial charge in [0.2, 0.25) is 5.91 Å². The zero-order valence-corrected chi connectivity index (χ0v) is 19.5. The summed E-state index contributed by atoms with van der Waals surface area (Å²) < 4.78 is 34.6. The highest BCUT2D eigenvalue weighted by Crippen LogP contribution is 2.33. The summed E-state index contributed by atoms with van der Waals surface area (Å²) in [6.07, 6.45) is 2.08. The van der Waals surface area contributed by atoms with E-state index in [9.17, 15) is 13.2 Å². The summed E-state index contributed by atoms with van der Waals surface area (Å²) in [7, 11) is -3.89. The number of amides is 1. The van der Waals surface area contributed by atoms with Gasteiger partial charge in [-0.1, -0.05) is 42.5 Å². The van der Waals surface area contributed by atoms with Crippen LogP contribution in [0.1, 0.15) is 18.1 Å². The lowest BCUT2D eigenvalue weighted by Crippen LogP contribution is -2.48. The van der Waals surface area contributed by atoms with Crippen LogP contribution in [0.25, 0.3) is 0 Å². The van der Waals surface area contributed by atoms with Crippen molar-refractivity contribution in [2.24, 2.45) is 0 Å². The number of aromatic nitrogens is 1. The molecule has 2 atom stereocenters. The number of thiazole rings is 1. The molecule has 0 aliphatic carbocycles. The number of sulfonamides is 1. The molecule has 0 bridgehead atoms. The number of carbonyl (C=O) groups is 1. The molecule has 3 aromatic rings. The van der Waals surface area contributed by atoms with Crippen molar-refractivity contribution in [3.05, 3.63) is 71.7 Å². The third kappa shape index (κ3) is 4.51. The Morgan fingerprint density at radius 1 is 1.06 bits per heavy atom. The molecule has 172 valence electrons. The number of hydrogen-bond donors (Lipinski definition) is 1. The van der Waals surface area contributed by atoms with Crippen molar-refractivity contribution < 1.29 is 17.9 Å². The van der Waals surface area contributed by atoms with Crippen LogP contribution in [0, 0.1) is 0 Å². The predicted octanol–water partition coefficient (Wildman–Crippen LogP) is 3.12. The standard InChI is InChI=1S/C23H24N4O4S2/c28-22-19(26-13-14-31-20(16-26)17-6-2-1-3-7-17)10-12-27(22)18-8-4-5-9-21(18)33(29,30)25-23-24-11-15-32-23/h1-9,11,15,19-20H,10,12-14,16H2,(H,24,25). The van der Waals surface area contributed by atoms with E-state index in [2.05, 4.69) is 14.6 Å². The van der Waals surface area contributed by atoms with Gasteiger partial charge in [-0.05, 0) is 24.1 Å². The van der Waals surface area contributed by atoms with E-state index in [1.165, 1.54) is 23.6 Å². The van der Waals surface area contributed by atoms with Crippen molar-refractivity contribution in [1.82, 2.24) is 9.88 Å². The smallest absolute Gasteiger partial charge is 0.265 e. The van der Waals surface area contributed by atoms with E-state index < -0.39 is 10.0 Å². The summed E-state index contributed by atoms with van der Waals surface area (Å²) in [6.45, 7) is 2.30. The fraction of sp³-hybridized carbons (Fsp3) is 0.304. The molecule has 0 saturated carbocycles.